The predicted octanol–water partition coefficient (Wildman–Crippen LogP) is 3.53. The summed E-state index contributed by atoms with van der Waals surface area (Å²) in [5, 5.41) is 2.35. The molecule has 0 unspecified atom stereocenters. The summed E-state index contributed by atoms with van der Waals surface area (Å²) in [5.74, 6) is -1.72. The molecule has 0 aliphatic rings. The van der Waals surface area contributed by atoms with E-state index in [4.69, 9.17) is 0 Å². The number of ether oxygens (including phenoxy) is 1. The van der Waals surface area contributed by atoms with Crippen molar-refractivity contribution < 1.29 is 27.5 Å². The molecular weight excluding hydrogens is 347 g/mol. The van der Waals surface area contributed by atoms with Crippen LogP contribution in [0.2, 0.25) is 0 Å². The van der Waals surface area contributed by atoms with Crippen LogP contribution in [0, 0.1) is 6.92 Å². The third kappa shape index (κ3) is 4.84. The van der Waals surface area contributed by atoms with Crippen LogP contribution in [0.15, 0.2) is 48.5 Å². The molecule has 1 amide bonds. The Morgan fingerprint density at radius 2 is 1.69 bits per heavy atom. The van der Waals surface area contributed by atoms with Gasteiger partial charge in [-0.1, -0.05) is 42.0 Å². The standard InChI is InChI=1S/C19H18F3NO3/c1-12-7-9-13(10-8-12)11-16(18(25)26-2)23-17(24)14-5-3-4-6-15(14)19(20,21)22/h3-10,16H,11H2,1-2H3,(H,23,24)/t16-/m0/s1. The number of alkyl halides is 3. The lowest BCUT2D eigenvalue weighted by Gasteiger charge is -2.18. The lowest BCUT2D eigenvalue weighted by atomic mass is 10.0. The molecule has 0 fully saturated rings. The zero-order valence-corrected chi connectivity index (χ0v) is 14.3. The van der Waals surface area contributed by atoms with E-state index in [1.54, 1.807) is 12.1 Å². The number of amides is 1. The van der Waals surface area contributed by atoms with Crippen molar-refractivity contribution in [3.8, 4) is 0 Å². The van der Waals surface area contributed by atoms with Crippen LogP contribution in [0.1, 0.15) is 27.0 Å². The summed E-state index contributed by atoms with van der Waals surface area (Å²) in [4.78, 5) is 24.3. The maximum absolute atomic E-state index is 13.1. The number of carbonyl (C=O) groups excluding carboxylic acids is 2. The van der Waals surface area contributed by atoms with E-state index in [1.165, 1.54) is 12.1 Å². The van der Waals surface area contributed by atoms with Crippen molar-refractivity contribution in [1.82, 2.24) is 5.32 Å². The molecule has 1 atom stereocenters. The number of benzene rings is 2. The van der Waals surface area contributed by atoms with E-state index in [9.17, 15) is 22.8 Å². The van der Waals surface area contributed by atoms with E-state index >= 15 is 0 Å². The molecule has 7 heteroatoms. The van der Waals surface area contributed by atoms with Crippen LogP contribution in [0.3, 0.4) is 0 Å². The highest BCUT2D eigenvalue weighted by Crippen LogP contribution is 2.31. The number of methoxy groups -OCH3 is 1. The quantitative estimate of drug-likeness (QED) is 0.825. The smallest absolute Gasteiger partial charge is 0.417 e. The third-order valence-corrected chi connectivity index (χ3v) is 3.83. The van der Waals surface area contributed by atoms with E-state index in [0.29, 0.717) is 0 Å². The average Bonchev–Trinajstić information content (AvgIpc) is 2.61. The highest BCUT2D eigenvalue weighted by molar-refractivity contribution is 5.98. The monoisotopic (exact) mass is 365 g/mol. The number of carbonyl (C=O) groups is 2. The molecule has 0 saturated heterocycles. The molecule has 0 spiro atoms. The average molecular weight is 365 g/mol. The van der Waals surface area contributed by atoms with Crippen LogP contribution >= 0.6 is 0 Å². The topological polar surface area (TPSA) is 55.4 Å². The Balaban J connectivity index is 2.25. The molecule has 1 N–H and O–H groups in total. The van der Waals surface area contributed by atoms with Gasteiger partial charge in [0.05, 0.1) is 18.2 Å². The van der Waals surface area contributed by atoms with Gasteiger partial charge in [-0.15, -0.1) is 0 Å². The second-order valence-corrected chi connectivity index (χ2v) is 5.78. The van der Waals surface area contributed by atoms with Crippen LogP contribution in [0.5, 0.6) is 0 Å². The molecule has 26 heavy (non-hydrogen) atoms. The number of halogens is 3. The van der Waals surface area contributed by atoms with Crippen LogP contribution in [0.25, 0.3) is 0 Å². The van der Waals surface area contributed by atoms with E-state index in [2.05, 4.69) is 10.1 Å². The van der Waals surface area contributed by atoms with E-state index < -0.39 is 35.2 Å². The van der Waals surface area contributed by atoms with Gasteiger partial charge in [0.2, 0.25) is 0 Å². The van der Waals surface area contributed by atoms with E-state index in [1.807, 2.05) is 19.1 Å². The van der Waals surface area contributed by atoms with Gasteiger partial charge in [-0.2, -0.15) is 13.2 Å². The van der Waals surface area contributed by atoms with Gasteiger partial charge in [-0.25, -0.2) is 4.79 Å². The molecule has 138 valence electrons. The van der Waals surface area contributed by atoms with Crippen molar-refractivity contribution in [2.24, 2.45) is 0 Å². The molecule has 0 aromatic heterocycles. The van der Waals surface area contributed by atoms with Gasteiger partial charge in [0.15, 0.2) is 0 Å². The minimum absolute atomic E-state index is 0.104. The first-order valence-electron chi connectivity index (χ1n) is 7.83. The molecule has 0 heterocycles. The number of aryl methyl sites for hydroxylation is 1. The second kappa shape index (κ2) is 8.03. The molecule has 0 bridgehead atoms. The van der Waals surface area contributed by atoms with Crippen molar-refractivity contribution in [3.05, 3.63) is 70.8 Å². The second-order valence-electron chi connectivity index (χ2n) is 5.78. The Hall–Kier alpha value is -2.83. The summed E-state index contributed by atoms with van der Waals surface area (Å²) in [6.07, 6.45) is -4.57. The lowest BCUT2D eigenvalue weighted by Crippen LogP contribution is -2.43. The largest absolute Gasteiger partial charge is 0.467 e. The fourth-order valence-electron chi connectivity index (χ4n) is 2.46. The molecule has 2 aromatic carbocycles. The first-order valence-corrected chi connectivity index (χ1v) is 7.83. The Bertz CT molecular complexity index is 785. The molecule has 2 aromatic rings. The molecular formula is C19H18F3NO3. The highest BCUT2D eigenvalue weighted by atomic mass is 19.4. The molecule has 2 rings (SSSR count). The van der Waals surface area contributed by atoms with Crippen LogP contribution in [-0.2, 0) is 22.1 Å². The minimum atomic E-state index is -4.67. The number of nitrogens with one attached hydrogen (secondary N) is 1. The summed E-state index contributed by atoms with van der Waals surface area (Å²) in [6, 6.07) is 10.6. The van der Waals surface area contributed by atoms with Crippen molar-refractivity contribution in [3.63, 3.8) is 0 Å². The lowest BCUT2D eigenvalue weighted by molar-refractivity contribution is -0.142. The predicted molar refractivity (Wildman–Crippen MR) is 89.6 cm³/mol. The fourth-order valence-corrected chi connectivity index (χ4v) is 2.46. The van der Waals surface area contributed by atoms with Gasteiger partial charge in [0.1, 0.15) is 6.04 Å². The van der Waals surface area contributed by atoms with Crippen molar-refractivity contribution in [2.75, 3.05) is 7.11 Å². The van der Waals surface area contributed by atoms with Crippen molar-refractivity contribution in [2.45, 2.75) is 25.6 Å². The maximum Gasteiger partial charge on any atom is 0.417 e. The summed E-state index contributed by atoms with van der Waals surface area (Å²) in [5.41, 5.74) is 0.163. The summed E-state index contributed by atoms with van der Waals surface area (Å²) in [7, 11) is 1.15. The molecule has 0 aliphatic heterocycles. The minimum Gasteiger partial charge on any atom is -0.467 e. The van der Waals surface area contributed by atoms with Gasteiger partial charge in [-0.3, -0.25) is 4.79 Å². The van der Waals surface area contributed by atoms with Crippen LogP contribution < -0.4 is 5.32 Å². The SMILES string of the molecule is COC(=O)[C@H](Cc1ccc(C)cc1)NC(=O)c1ccccc1C(F)(F)F. The highest BCUT2D eigenvalue weighted by Gasteiger charge is 2.35. The third-order valence-electron chi connectivity index (χ3n) is 3.83. The summed E-state index contributed by atoms with van der Waals surface area (Å²) in [6.45, 7) is 1.90. The number of hydrogen-bond donors (Lipinski definition) is 1. The Kier molecular flexibility index (Phi) is 6.02. The normalized spacial score (nSPS) is 12.3. The maximum atomic E-state index is 13.1. The molecule has 4 nitrogen and oxygen atoms in total. The fraction of sp³-hybridized carbons (Fsp3) is 0.263. The molecule has 0 radical (unpaired) electrons. The zero-order valence-electron chi connectivity index (χ0n) is 14.3. The summed E-state index contributed by atoms with van der Waals surface area (Å²) >= 11 is 0. The Labute approximate surface area is 149 Å². The number of esters is 1. The number of rotatable bonds is 5. The van der Waals surface area contributed by atoms with Gasteiger partial charge in [0, 0.05) is 6.42 Å². The van der Waals surface area contributed by atoms with Crippen LogP contribution in [-0.4, -0.2) is 25.0 Å². The zero-order chi connectivity index (χ0) is 19.3. The van der Waals surface area contributed by atoms with E-state index in [0.717, 1.165) is 30.4 Å². The summed E-state index contributed by atoms with van der Waals surface area (Å²) < 4.78 is 43.9. The molecule has 0 aliphatic carbocycles. The van der Waals surface area contributed by atoms with E-state index in [-0.39, 0.29) is 6.42 Å². The van der Waals surface area contributed by atoms with Gasteiger partial charge < -0.3 is 10.1 Å². The van der Waals surface area contributed by atoms with Crippen LogP contribution in [0.4, 0.5) is 13.2 Å². The first kappa shape index (κ1) is 19.5. The van der Waals surface area contributed by atoms with Gasteiger partial charge in [0.25, 0.3) is 5.91 Å². The van der Waals surface area contributed by atoms with Gasteiger partial charge in [-0.05, 0) is 24.6 Å². The van der Waals surface area contributed by atoms with Crippen molar-refractivity contribution >= 4 is 11.9 Å². The number of hydrogen-bond acceptors (Lipinski definition) is 3. The molecule has 0 saturated carbocycles. The first-order chi connectivity index (χ1) is 12.2. The van der Waals surface area contributed by atoms with Crippen molar-refractivity contribution in [1.29, 1.82) is 0 Å². The Morgan fingerprint density at radius 3 is 2.27 bits per heavy atom. The Morgan fingerprint density at radius 1 is 1.08 bits per heavy atom. The van der Waals surface area contributed by atoms with Gasteiger partial charge >= 0.3 is 12.1 Å².